The molecule has 0 amide bonds. The van der Waals surface area contributed by atoms with Crippen molar-refractivity contribution in [3.8, 4) is 0 Å². The summed E-state index contributed by atoms with van der Waals surface area (Å²) in [7, 11) is 1.78. The number of hydrogen-bond donors (Lipinski definition) is 1. The molecule has 0 saturated heterocycles. The van der Waals surface area contributed by atoms with Crippen molar-refractivity contribution in [2.75, 3.05) is 19.8 Å². The van der Waals surface area contributed by atoms with Gasteiger partial charge < -0.3 is 5.32 Å². The average molecular weight is 209 g/mol. The number of benzene rings is 1. The quantitative estimate of drug-likeness (QED) is 0.608. The molecule has 1 aromatic carbocycles. The van der Waals surface area contributed by atoms with Crippen LogP contribution in [-0.4, -0.2) is 25.6 Å². The van der Waals surface area contributed by atoms with E-state index in [-0.39, 0.29) is 5.78 Å². The van der Waals surface area contributed by atoms with Gasteiger partial charge in [-0.2, -0.15) is 0 Å². The van der Waals surface area contributed by atoms with E-state index in [9.17, 15) is 4.79 Å². The molecule has 2 nitrogen and oxygen atoms in total. The standard InChI is InChI=1S/C11H15NOS/c1-8-6-9(10(13)7-12-2)4-5-11(8)14-3/h4-6,12H,7H2,1-3H3. The average Bonchev–Trinajstić information content (AvgIpc) is 2.18. The summed E-state index contributed by atoms with van der Waals surface area (Å²) in [6.45, 7) is 2.43. The van der Waals surface area contributed by atoms with Crippen LogP contribution in [0.15, 0.2) is 23.1 Å². The minimum absolute atomic E-state index is 0.142. The summed E-state index contributed by atoms with van der Waals surface area (Å²) in [5, 5.41) is 2.86. The normalized spacial score (nSPS) is 10.2. The number of Topliss-reactive ketones (excluding diaryl/α,β-unsaturated/α-hetero) is 1. The van der Waals surface area contributed by atoms with Gasteiger partial charge in [0.2, 0.25) is 0 Å². The number of nitrogens with one attached hydrogen (secondary N) is 1. The van der Waals surface area contributed by atoms with Crippen molar-refractivity contribution < 1.29 is 4.79 Å². The van der Waals surface area contributed by atoms with Gasteiger partial charge in [0.05, 0.1) is 6.54 Å². The minimum Gasteiger partial charge on any atom is -0.313 e. The molecule has 0 aliphatic carbocycles. The van der Waals surface area contributed by atoms with E-state index in [1.165, 1.54) is 10.5 Å². The smallest absolute Gasteiger partial charge is 0.176 e. The molecule has 0 radical (unpaired) electrons. The van der Waals surface area contributed by atoms with E-state index in [4.69, 9.17) is 0 Å². The summed E-state index contributed by atoms with van der Waals surface area (Å²) in [4.78, 5) is 12.8. The van der Waals surface area contributed by atoms with Crippen LogP contribution in [0.2, 0.25) is 0 Å². The Morgan fingerprint density at radius 1 is 1.50 bits per heavy atom. The van der Waals surface area contributed by atoms with E-state index in [1.807, 2.05) is 31.4 Å². The van der Waals surface area contributed by atoms with Crippen LogP contribution in [0.1, 0.15) is 15.9 Å². The van der Waals surface area contributed by atoms with Crippen molar-refractivity contribution in [3.63, 3.8) is 0 Å². The largest absolute Gasteiger partial charge is 0.313 e. The van der Waals surface area contributed by atoms with Gasteiger partial charge in [0, 0.05) is 10.5 Å². The predicted octanol–water partition coefficient (Wildman–Crippen LogP) is 2.12. The summed E-state index contributed by atoms with van der Waals surface area (Å²) in [5.74, 6) is 0.142. The van der Waals surface area contributed by atoms with Crippen LogP contribution in [-0.2, 0) is 0 Å². The monoisotopic (exact) mass is 209 g/mol. The van der Waals surface area contributed by atoms with Crippen LogP contribution in [0.25, 0.3) is 0 Å². The van der Waals surface area contributed by atoms with Crippen molar-refractivity contribution in [2.45, 2.75) is 11.8 Å². The zero-order valence-electron chi connectivity index (χ0n) is 8.76. The molecule has 0 saturated carbocycles. The first-order chi connectivity index (χ1) is 6.69. The Bertz CT molecular complexity index is 336. The number of ketones is 1. The Labute approximate surface area is 89.1 Å². The maximum atomic E-state index is 11.5. The molecule has 1 rings (SSSR count). The van der Waals surface area contributed by atoms with Gasteiger partial charge in [0.15, 0.2) is 5.78 Å². The summed E-state index contributed by atoms with van der Waals surface area (Å²) < 4.78 is 0. The lowest BCUT2D eigenvalue weighted by atomic mass is 10.1. The first-order valence-electron chi connectivity index (χ1n) is 4.51. The molecule has 0 spiro atoms. The molecular formula is C11H15NOS. The predicted molar refractivity (Wildman–Crippen MR) is 61.2 cm³/mol. The lowest BCUT2D eigenvalue weighted by Crippen LogP contribution is -2.18. The first kappa shape index (κ1) is 11.3. The molecular weight excluding hydrogens is 194 g/mol. The topological polar surface area (TPSA) is 29.1 Å². The second kappa shape index (κ2) is 5.17. The second-order valence-electron chi connectivity index (χ2n) is 3.14. The van der Waals surface area contributed by atoms with Crippen molar-refractivity contribution in [1.82, 2.24) is 5.32 Å². The van der Waals surface area contributed by atoms with Gasteiger partial charge in [-0.25, -0.2) is 0 Å². The zero-order valence-corrected chi connectivity index (χ0v) is 9.57. The van der Waals surface area contributed by atoms with Crippen LogP contribution in [0.4, 0.5) is 0 Å². The Balaban J connectivity index is 2.91. The molecule has 14 heavy (non-hydrogen) atoms. The van der Waals surface area contributed by atoms with Crippen LogP contribution in [0, 0.1) is 6.92 Å². The van der Waals surface area contributed by atoms with Gasteiger partial charge in [-0.1, -0.05) is 6.07 Å². The maximum absolute atomic E-state index is 11.5. The molecule has 0 aliphatic rings. The Morgan fingerprint density at radius 3 is 2.71 bits per heavy atom. The van der Waals surface area contributed by atoms with Crippen LogP contribution < -0.4 is 5.32 Å². The van der Waals surface area contributed by atoms with Crippen molar-refractivity contribution in [1.29, 1.82) is 0 Å². The summed E-state index contributed by atoms with van der Waals surface area (Å²) in [6.07, 6.45) is 2.04. The van der Waals surface area contributed by atoms with Crippen molar-refractivity contribution in [3.05, 3.63) is 29.3 Å². The highest BCUT2D eigenvalue weighted by atomic mass is 32.2. The molecule has 76 valence electrons. The number of thioether (sulfide) groups is 1. The number of aryl methyl sites for hydroxylation is 1. The number of rotatable bonds is 4. The minimum atomic E-state index is 0.142. The molecule has 0 heterocycles. The number of carbonyl (C=O) groups is 1. The van der Waals surface area contributed by atoms with E-state index in [0.29, 0.717) is 6.54 Å². The van der Waals surface area contributed by atoms with Crippen molar-refractivity contribution in [2.24, 2.45) is 0 Å². The molecule has 0 aliphatic heterocycles. The summed E-state index contributed by atoms with van der Waals surface area (Å²) >= 11 is 1.70. The van der Waals surface area contributed by atoms with Crippen LogP contribution in [0.3, 0.4) is 0 Å². The third kappa shape index (κ3) is 2.59. The third-order valence-electron chi connectivity index (χ3n) is 2.05. The van der Waals surface area contributed by atoms with Gasteiger partial charge in [-0.3, -0.25) is 4.79 Å². The highest BCUT2D eigenvalue weighted by Crippen LogP contribution is 2.20. The lowest BCUT2D eigenvalue weighted by molar-refractivity contribution is 0.0993. The molecule has 1 N–H and O–H groups in total. The summed E-state index contributed by atoms with van der Waals surface area (Å²) in [6, 6.07) is 5.84. The van der Waals surface area contributed by atoms with Gasteiger partial charge in [0.1, 0.15) is 0 Å². The van der Waals surface area contributed by atoms with Gasteiger partial charge in [0.25, 0.3) is 0 Å². The van der Waals surface area contributed by atoms with Crippen molar-refractivity contribution >= 4 is 17.5 Å². The fraction of sp³-hybridized carbons (Fsp3) is 0.364. The van der Waals surface area contributed by atoms with E-state index in [2.05, 4.69) is 5.32 Å². The number of carbonyl (C=O) groups excluding carboxylic acids is 1. The third-order valence-corrected chi connectivity index (χ3v) is 2.95. The molecule has 0 unspecified atom stereocenters. The van der Waals surface area contributed by atoms with E-state index in [1.54, 1.807) is 18.8 Å². The Hall–Kier alpha value is -0.800. The van der Waals surface area contributed by atoms with E-state index >= 15 is 0 Å². The lowest BCUT2D eigenvalue weighted by Gasteiger charge is -2.05. The molecule has 1 aromatic rings. The van der Waals surface area contributed by atoms with E-state index in [0.717, 1.165) is 5.56 Å². The Morgan fingerprint density at radius 2 is 2.21 bits per heavy atom. The molecule has 3 heteroatoms. The van der Waals surface area contributed by atoms with Gasteiger partial charge >= 0.3 is 0 Å². The summed E-state index contributed by atoms with van der Waals surface area (Å²) in [5.41, 5.74) is 1.95. The zero-order chi connectivity index (χ0) is 10.6. The highest BCUT2D eigenvalue weighted by Gasteiger charge is 2.05. The SMILES string of the molecule is CNCC(=O)c1ccc(SC)c(C)c1. The molecule has 0 atom stereocenters. The Kier molecular flexibility index (Phi) is 4.17. The number of hydrogen-bond acceptors (Lipinski definition) is 3. The fourth-order valence-electron chi connectivity index (χ4n) is 1.31. The van der Waals surface area contributed by atoms with Crippen LogP contribution >= 0.6 is 11.8 Å². The molecule has 0 bridgehead atoms. The molecule has 0 fully saturated rings. The second-order valence-corrected chi connectivity index (χ2v) is 3.99. The number of likely N-dealkylation sites (N-methyl/N-ethyl adjacent to an activating group) is 1. The molecule has 0 aromatic heterocycles. The maximum Gasteiger partial charge on any atom is 0.176 e. The fourth-order valence-corrected chi connectivity index (χ4v) is 1.90. The highest BCUT2D eigenvalue weighted by molar-refractivity contribution is 7.98. The van der Waals surface area contributed by atoms with Crippen LogP contribution in [0.5, 0.6) is 0 Å². The van der Waals surface area contributed by atoms with Gasteiger partial charge in [-0.15, -0.1) is 11.8 Å². The van der Waals surface area contributed by atoms with Gasteiger partial charge in [-0.05, 0) is 37.9 Å². The first-order valence-corrected chi connectivity index (χ1v) is 5.74. The van der Waals surface area contributed by atoms with E-state index < -0.39 is 0 Å².